The molecule has 0 heterocycles. The molecular formula is C14H13N3O. The number of amidine groups is 1. The first-order valence-corrected chi connectivity index (χ1v) is 5.46. The number of carbonyl (C=O) groups is 1. The van der Waals surface area contributed by atoms with Crippen molar-refractivity contribution in [2.24, 2.45) is 5.73 Å². The fourth-order valence-corrected chi connectivity index (χ4v) is 1.62. The molecule has 2 rings (SSSR count). The minimum atomic E-state index is 0.0280. The number of nitrogen functional groups attached to an aromatic ring is 1. The minimum Gasteiger partial charge on any atom is -0.384 e. The summed E-state index contributed by atoms with van der Waals surface area (Å²) in [4.78, 5) is 10.7. The number of carbonyl (C=O) groups excluding carboxylic acids is 1. The molecule has 0 unspecified atom stereocenters. The summed E-state index contributed by atoms with van der Waals surface area (Å²) in [7, 11) is 0. The summed E-state index contributed by atoms with van der Waals surface area (Å²) in [5.41, 5.74) is 8.35. The summed E-state index contributed by atoms with van der Waals surface area (Å²) in [5, 5.41) is 10.5. The van der Waals surface area contributed by atoms with E-state index in [0.717, 1.165) is 17.7 Å². The largest absolute Gasteiger partial charge is 0.384 e. The van der Waals surface area contributed by atoms with E-state index in [0.29, 0.717) is 11.1 Å². The van der Waals surface area contributed by atoms with Gasteiger partial charge in [-0.15, -0.1) is 0 Å². The van der Waals surface area contributed by atoms with Gasteiger partial charge in [0.25, 0.3) is 0 Å². The number of rotatable bonds is 4. The molecule has 0 aliphatic heterocycles. The Labute approximate surface area is 105 Å². The lowest BCUT2D eigenvalue weighted by Gasteiger charge is -2.08. The Kier molecular flexibility index (Phi) is 3.38. The molecule has 0 saturated heterocycles. The third kappa shape index (κ3) is 2.74. The molecule has 2 aromatic rings. The molecule has 4 nitrogen and oxygen atoms in total. The zero-order valence-corrected chi connectivity index (χ0v) is 9.68. The third-order valence-electron chi connectivity index (χ3n) is 2.48. The Hall–Kier alpha value is -2.62. The Morgan fingerprint density at radius 1 is 1.11 bits per heavy atom. The van der Waals surface area contributed by atoms with Gasteiger partial charge in [0, 0.05) is 22.5 Å². The predicted octanol–water partition coefficient (Wildman–Crippen LogP) is 2.53. The number of benzene rings is 2. The van der Waals surface area contributed by atoms with Crippen LogP contribution >= 0.6 is 0 Å². The second kappa shape index (κ2) is 5.14. The van der Waals surface area contributed by atoms with E-state index in [9.17, 15) is 4.79 Å². The van der Waals surface area contributed by atoms with E-state index >= 15 is 0 Å². The Morgan fingerprint density at radius 2 is 1.78 bits per heavy atom. The van der Waals surface area contributed by atoms with Crippen LogP contribution in [0.3, 0.4) is 0 Å². The summed E-state index contributed by atoms with van der Waals surface area (Å²) in [6, 6.07) is 14.4. The number of anilines is 2. The van der Waals surface area contributed by atoms with Gasteiger partial charge in [-0.2, -0.15) is 0 Å². The molecule has 0 radical (unpaired) electrons. The van der Waals surface area contributed by atoms with Gasteiger partial charge in [0.05, 0.1) is 0 Å². The second-order valence-corrected chi connectivity index (χ2v) is 3.86. The summed E-state index contributed by atoms with van der Waals surface area (Å²) in [5.74, 6) is 0.0280. The average Bonchev–Trinajstić information content (AvgIpc) is 2.39. The smallest absolute Gasteiger partial charge is 0.150 e. The summed E-state index contributed by atoms with van der Waals surface area (Å²) < 4.78 is 0. The van der Waals surface area contributed by atoms with Crippen molar-refractivity contribution >= 4 is 23.5 Å². The summed E-state index contributed by atoms with van der Waals surface area (Å²) in [6.07, 6.45) is 0.803. The lowest BCUT2D eigenvalue weighted by Crippen LogP contribution is -2.10. The Balaban J connectivity index is 2.25. The molecular weight excluding hydrogens is 226 g/mol. The molecule has 0 bridgehead atoms. The lowest BCUT2D eigenvalue weighted by atomic mass is 10.1. The normalized spacial score (nSPS) is 9.78. The van der Waals surface area contributed by atoms with Crippen LogP contribution in [0.1, 0.15) is 15.9 Å². The van der Waals surface area contributed by atoms with Gasteiger partial charge in [-0.1, -0.05) is 24.3 Å². The molecule has 90 valence electrons. The molecule has 4 heteroatoms. The lowest BCUT2D eigenvalue weighted by molar-refractivity contribution is 0.112. The maximum atomic E-state index is 10.7. The predicted molar refractivity (Wildman–Crippen MR) is 72.6 cm³/mol. The van der Waals surface area contributed by atoms with Gasteiger partial charge in [-0.3, -0.25) is 10.2 Å². The first-order chi connectivity index (χ1) is 8.69. The van der Waals surface area contributed by atoms with Crippen LogP contribution in [0.15, 0.2) is 48.5 Å². The third-order valence-corrected chi connectivity index (χ3v) is 2.48. The highest BCUT2D eigenvalue weighted by atomic mass is 16.1. The fraction of sp³-hybridized carbons (Fsp3) is 0. The van der Waals surface area contributed by atoms with E-state index in [1.807, 2.05) is 18.2 Å². The van der Waals surface area contributed by atoms with Crippen molar-refractivity contribution in [2.75, 3.05) is 5.32 Å². The number of nitrogens with one attached hydrogen (secondary N) is 2. The number of nitrogens with two attached hydrogens (primary N) is 1. The van der Waals surface area contributed by atoms with Crippen molar-refractivity contribution in [3.05, 3.63) is 59.7 Å². The van der Waals surface area contributed by atoms with Crippen LogP contribution in [0.2, 0.25) is 0 Å². The van der Waals surface area contributed by atoms with Crippen LogP contribution in [0.25, 0.3) is 0 Å². The van der Waals surface area contributed by atoms with Gasteiger partial charge in [0.15, 0.2) is 0 Å². The molecule has 0 aromatic heterocycles. The van der Waals surface area contributed by atoms with Crippen molar-refractivity contribution in [1.82, 2.24) is 0 Å². The first kappa shape index (κ1) is 11.9. The van der Waals surface area contributed by atoms with E-state index in [-0.39, 0.29) is 5.84 Å². The fourth-order valence-electron chi connectivity index (χ4n) is 1.62. The number of hydrogen-bond donors (Lipinski definition) is 3. The minimum absolute atomic E-state index is 0.0280. The van der Waals surface area contributed by atoms with Crippen LogP contribution in [-0.4, -0.2) is 12.1 Å². The van der Waals surface area contributed by atoms with Crippen LogP contribution < -0.4 is 11.1 Å². The molecule has 0 amide bonds. The highest BCUT2D eigenvalue weighted by Gasteiger charge is 1.99. The number of aldehydes is 1. The monoisotopic (exact) mass is 239 g/mol. The molecule has 18 heavy (non-hydrogen) atoms. The second-order valence-electron chi connectivity index (χ2n) is 3.86. The van der Waals surface area contributed by atoms with Crippen molar-refractivity contribution in [1.29, 1.82) is 5.41 Å². The van der Waals surface area contributed by atoms with Gasteiger partial charge in [-0.05, 0) is 24.3 Å². The Bertz CT molecular complexity index is 593. The maximum absolute atomic E-state index is 10.7. The maximum Gasteiger partial charge on any atom is 0.150 e. The van der Waals surface area contributed by atoms with Gasteiger partial charge in [-0.25, -0.2) is 0 Å². The standard InChI is InChI=1S/C14H13N3O/c15-14(16)11-4-2-6-13(8-11)17-12-5-1-3-10(7-12)9-18/h1-9,17H,(H3,15,16). The molecule has 4 N–H and O–H groups in total. The quantitative estimate of drug-likeness (QED) is 0.436. The Morgan fingerprint density at radius 3 is 2.44 bits per heavy atom. The highest BCUT2D eigenvalue weighted by molar-refractivity contribution is 5.96. The van der Waals surface area contributed by atoms with Gasteiger partial charge >= 0.3 is 0 Å². The van der Waals surface area contributed by atoms with Gasteiger partial charge in [0.1, 0.15) is 12.1 Å². The van der Waals surface area contributed by atoms with Crippen LogP contribution in [0, 0.1) is 5.41 Å². The molecule has 0 fully saturated rings. The van der Waals surface area contributed by atoms with E-state index in [2.05, 4.69) is 5.32 Å². The molecule has 0 saturated carbocycles. The van der Waals surface area contributed by atoms with Crippen molar-refractivity contribution in [2.45, 2.75) is 0 Å². The molecule has 0 spiro atoms. The zero-order chi connectivity index (χ0) is 13.0. The van der Waals surface area contributed by atoms with Crippen molar-refractivity contribution in [3.8, 4) is 0 Å². The zero-order valence-electron chi connectivity index (χ0n) is 9.68. The van der Waals surface area contributed by atoms with Crippen LogP contribution in [0.4, 0.5) is 11.4 Å². The average molecular weight is 239 g/mol. The molecule has 0 atom stereocenters. The molecule has 2 aromatic carbocycles. The molecule has 0 aliphatic carbocycles. The first-order valence-electron chi connectivity index (χ1n) is 5.46. The highest BCUT2D eigenvalue weighted by Crippen LogP contribution is 2.18. The van der Waals surface area contributed by atoms with E-state index in [4.69, 9.17) is 11.1 Å². The summed E-state index contributed by atoms with van der Waals surface area (Å²) >= 11 is 0. The SMILES string of the molecule is N=C(N)c1cccc(Nc2cccc(C=O)c2)c1. The van der Waals surface area contributed by atoms with Gasteiger partial charge in [0.2, 0.25) is 0 Å². The molecule has 0 aliphatic rings. The van der Waals surface area contributed by atoms with E-state index < -0.39 is 0 Å². The summed E-state index contributed by atoms with van der Waals surface area (Å²) in [6.45, 7) is 0. The van der Waals surface area contributed by atoms with Gasteiger partial charge < -0.3 is 11.1 Å². The van der Waals surface area contributed by atoms with Crippen molar-refractivity contribution < 1.29 is 4.79 Å². The topological polar surface area (TPSA) is 79.0 Å². The number of hydrogen-bond acceptors (Lipinski definition) is 3. The van der Waals surface area contributed by atoms with E-state index in [1.165, 1.54) is 0 Å². The van der Waals surface area contributed by atoms with Crippen LogP contribution in [-0.2, 0) is 0 Å². The van der Waals surface area contributed by atoms with Crippen LogP contribution in [0.5, 0.6) is 0 Å². The van der Waals surface area contributed by atoms with E-state index in [1.54, 1.807) is 30.3 Å². The van der Waals surface area contributed by atoms with Crippen molar-refractivity contribution in [3.63, 3.8) is 0 Å².